The maximum absolute atomic E-state index is 12.2. The summed E-state index contributed by atoms with van der Waals surface area (Å²) in [7, 11) is 0. The molecule has 1 amide bonds. The molecule has 0 bridgehead atoms. The summed E-state index contributed by atoms with van der Waals surface area (Å²) in [6.07, 6.45) is 0. The fourth-order valence-electron chi connectivity index (χ4n) is 2.12. The zero-order chi connectivity index (χ0) is 17.1. The zero-order valence-corrected chi connectivity index (χ0v) is 14.2. The zero-order valence-electron chi connectivity index (χ0n) is 12.7. The van der Waals surface area contributed by atoms with E-state index in [1.165, 1.54) is 4.68 Å². The number of aromatic nitrogens is 4. The molecule has 2 aromatic carbocycles. The third-order valence-electron chi connectivity index (χ3n) is 3.38. The van der Waals surface area contributed by atoms with Crippen LogP contribution >= 0.6 is 23.2 Å². The van der Waals surface area contributed by atoms with Crippen molar-refractivity contribution in [3.8, 4) is 11.4 Å². The Morgan fingerprint density at radius 1 is 1.17 bits per heavy atom. The van der Waals surface area contributed by atoms with Crippen LogP contribution in [0.25, 0.3) is 11.4 Å². The van der Waals surface area contributed by atoms with E-state index >= 15 is 0 Å². The van der Waals surface area contributed by atoms with Gasteiger partial charge in [-0.2, -0.15) is 0 Å². The number of benzene rings is 2. The minimum Gasteiger partial charge on any atom is -0.324 e. The number of carbonyl (C=O) groups is 1. The molecule has 8 heteroatoms. The van der Waals surface area contributed by atoms with Crippen LogP contribution in [0.1, 0.15) is 5.56 Å². The maximum atomic E-state index is 12.2. The lowest BCUT2D eigenvalue weighted by atomic mass is 10.2. The van der Waals surface area contributed by atoms with Crippen molar-refractivity contribution in [2.24, 2.45) is 0 Å². The number of nitrogens with zero attached hydrogens (tertiary/aromatic N) is 4. The number of halogens is 2. The summed E-state index contributed by atoms with van der Waals surface area (Å²) < 4.78 is 1.42. The summed E-state index contributed by atoms with van der Waals surface area (Å²) >= 11 is 11.9. The molecule has 3 aromatic rings. The Balaban J connectivity index is 1.74. The van der Waals surface area contributed by atoms with Gasteiger partial charge in [-0.25, -0.2) is 4.68 Å². The lowest BCUT2D eigenvalue weighted by Crippen LogP contribution is -2.20. The van der Waals surface area contributed by atoms with Gasteiger partial charge in [-0.15, -0.1) is 5.10 Å². The summed E-state index contributed by atoms with van der Waals surface area (Å²) in [4.78, 5) is 12.2. The summed E-state index contributed by atoms with van der Waals surface area (Å²) in [5, 5.41) is 15.4. The Hall–Kier alpha value is -2.44. The van der Waals surface area contributed by atoms with Crippen LogP contribution in [0.3, 0.4) is 0 Å². The first kappa shape index (κ1) is 16.4. The normalized spacial score (nSPS) is 10.6. The molecule has 0 atom stereocenters. The number of rotatable bonds is 4. The molecule has 0 unspecified atom stereocenters. The first-order valence-electron chi connectivity index (χ1n) is 7.11. The summed E-state index contributed by atoms with van der Waals surface area (Å²) in [6, 6.07) is 12.4. The number of aryl methyl sites for hydroxylation is 1. The van der Waals surface area contributed by atoms with E-state index < -0.39 is 0 Å². The van der Waals surface area contributed by atoms with Crippen LogP contribution in [0.15, 0.2) is 42.5 Å². The van der Waals surface area contributed by atoms with Gasteiger partial charge in [0, 0.05) is 21.3 Å². The summed E-state index contributed by atoms with van der Waals surface area (Å²) in [5.41, 5.74) is 2.34. The number of anilines is 1. The molecule has 0 spiro atoms. The van der Waals surface area contributed by atoms with Crippen LogP contribution in [0.5, 0.6) is 0 Å². The van der Waals surface area contributed by atoms with Gasteiger partial charge in [0.15, 0.2) is 5.82 Å². The van der Waals surface area contributed by atoms with Crippen LogP contribution in [-0.4, -0.2) is 26.1 Å². The monoisotopic (exact) mass is 361 g/mol. The largest absolute Gasteiger partial charge is 0.324 e. The van der Waals surface area contributed by atoms with E-state index in [1.54, 1.807) is 36.4 Å². The number of amides is 1. The third kappa shape index (κ3) is 3.72. The molecular formula is C16H13Cl2N5O. The van der Waals surface area contributed by atoms with Crippen molar-refractivity contribution >= 4 is 34.8 Å². The molecule has 6 nitrogen and oxygen atoms in total. The molecule has 3 rings (SSSR count). The van der Waals surface area contributed by atoms with Crippen LogP contribution in [0.2, 0.25) is 10.0 Å². The Labute approximate surface area is 148 Å². The van der Waals surface area contributed by atoms with Gasteiger partial charge < -0.3 is 5.32 Å². The minimum atomic E-state index is -0.252. The molecule has 1 heterocycles. The van der Waals surface area contributed by atoms with Crippen molar-refractivity contribution in [2.45, 2.75) is 13.5 Å². The molecular weight excluding hydrogens is 349 g/mol. The minimum absolute atomic E-state index is 0.0174. The molecule has 0 aliphatic rings. The van der Waals surface area contributed by atoms with Gasteiger partial charge in [-0.3, -0.25) is 4.79 Å². The van der Waals surface area contributed by atoms with E-state index in [9.17, 15) is 4.79 Å². The molecule has 0 aliphatic carbocycles. The lowest BCUT2D eigenvalue weighted by molar-refractivity contribution is -0.116. The number of carbonyl (C=O) groups excluding carboxylic acids is 1. The highest BCUT2D eigenvalue weighted by atomic mass is 35.5. The highest BCUT2D eigenvalue weighted by Gasteiger charge is 2.13. The Morgan fingerprint density at radius 3 is 2.62 bits per heavy atom. The average molecular weight is 362 g/mol. The van der Waals surface area contributed by atoms with Crippen molar-refractivity contribution in [1.82, 2.24) is 20.2 Å². The first-order valence-corrected chi connectivity index (χ1v) is 7.86. The van der Waals surface area contributed by atoms with Crippen molar-refractivity contribution in [1.29, 1.82) is 0 Å². The third-order valence-corrected chi connectivity index (χ3v) is 4.04. The molecule has 0 saturated heterocycles. The molecule has 1 N–H and O–H groups in total. The fraction of sp³-hybridized carbons (Fsp3) is 0.125. The highest BCUT2D eigenvalue weighted by molar-refractivity contribution is 6.31. The first-order chi connectivity index (χ1) is 11.5. The molecule has 0 fully saturated rings. The number of hydrogen-bond acceptors (Lipinski definition) is 4. The highest BCUT2D eigenvalue weighted by Crippen LogP contribution is 2.21. The molecule has 0 radical (unpaired) electrons. The van der Waals surface area contributed by atoms with Crippen molar-refractivity contribution < 1.29 is 4.79 Å². The van der Waals surface area contributed by atoms with Gasteiger partial charge in [-0.05, 0) is 59.3 Å². The van der Waals surface area contributed by atoms with E-state index in [0.717, 1.165) is 11.1 Å². The van der Waals surface area contributed by atoms with Gasteiger partial charge in [0.2, 0.25) is 5.91 Å². The Morgan fingerprint density at radius 2 is 1.92 bits per heavy atom. The van der Waals surface area contributed by atoms with Gasteiger partial charge in [0.25, 0.3) is 0 Å². The second kappa shape index (κ2) is 6.98. The Bertz CT molecular complexity index is 876. The van der Waals surface area contributed by atoms with Crippen molar-refractivity contribution in [3.63, 3.8) is 0 Å². The van der Waals surface area contributed by atoms with Crippen molar-refractivity contribution in [2.75, 3.05) is 5.32 Å². The van der Waals surface area contributed by atoms with E-state index in [4.69, 9.17) is 23.2 Å². The van der Waals surface area contributed by atoms with Gasteiger partial charge in [0.05, 0.1) is 0 Å². The molecule has 0 aliphatic heterocycles. The predicted octanol–water partition coefficient (Wildman–Crippen LogP) is 3.59. The number of tetrazole rings is 1. The van der Waals surface area contributed by atoms with E-state index in [0.29, 0.717) is 21.6 Å². The smallest absolute Gasteiger partial charge is 0.246 e. The SMILES string of the molecule is Cc1ccc(NC(=O)Cn2nnnc2-c2ccc(Cl)cc2)cc1Cl. The second-order valence-electron chi connectivity index (χ2n) is 5.18. The second-order valence-corrected chi connectivity index (χ2v) is 6.02. The average Bonchev–Trinajstić information content (AvgIpc) is 2.99. The lowest BCUT2D eigenvalue weighted by Gasteiger charge is -2.08. The predicted molar refractivity (Wildman–Crippen MR) is 93.1 cm³/mol. The van der Waals surface area contributed by atoms with Crippen molar-refractivity contribution in [3.05, 3.63) is 58.1 Å². The summed E-state index contributed by atoms with van der Waals surface area (Å²) in [6.45, 7) is 1.88. The molecule has 1 aromatic heterocycles. The van der Waals surface area contributed by atoms with Gasteiger partial charge >= 0.3 is 0 Å². The summed E-state index contributed by atoms with van der Waals surface area (Å²) in [5.74, 6) is 0.237. The van der Waals surface area contributed by atoms with Gasteiger partial charge in [0.1, 0.15) is 6.54 Å². The van der Waals surface area contributed by atoms with E-state index in [2.05, 4.69) is 20.8 Å². The van der Waals surface area contributed by atoms with Crippen LogP contribution < -0.4 is 5.32 Å². The maximum Gasteiger partial charge on any atom is 0.246 e. The van der Waals surface area contributed by atoms with E-state index in [-0.39, 0.29) is 12.5 Å². The van der Waals surface area contributed by atoms with Crippen LogP contribution in [0, 0.1) is 6.92 Å². The quantitative estimate of drug-likeness (QED) is 0.770. The molecule has 122 valence electrons. The fourth-order valence-corrected chi connectivity index (χ4v) is 2.43. The Kier molecular flexibility index (Phi) is 4.78. The van der Waals surface area contributed by atoms with Crippen LogP contribution in [0.4, 0.5) is 5.69 Å². The molecule has 0 saturated carbocycles. The number of nitrogens with one attached hydrogen (secondary N) is 1. The standard InChI is InChI=1S/C16H13Cl2N5O/c1-10-2-7-13(8-14(10)18)19-15(24)9-23-16(20-21-22-23)11-3-5-12(17)6-4-11/h2-8H,9H2,1H3,(H,19,24). The molecule has 24 heavy (non-hydrogen) atoms. The topological polar surface area (TPSA) is 72.7 Å². The van der Waals surface area contributed by atoms with Gasteiger partial charge in [-0.1, -0.05) is 29.3 Å². The van der Waals surface area contributed by atoms with E-state index in [1.807, 2.05) is 13.0 Å². The number of hydrogen-bond donors (Lipinski definition) is 1. The van der Waals surface area contributed by atoms with Crippen LogP contribution in [-0.2, 0) is 11.3 Å².